The average molecular weight is 244 g/mol. The Labute approximate surface area is 111 Å². The van der Waals surface area contributed by atoms with E-state index >= 15 is 0 Å². The van der Waals surface area contributed by atoms with E-state index in [4.69, 9.17) is 0 Å². The SMILES string of the molecule is CCCCCCN1C=CN(c2ccc(C)cc2)C1. The molecule has 0 unspecified atom stereocenters. The zero-order chi connectivity index (χ0) is 12.8. The summed E-state index contributed by atoms with van der Waals surface area (Å²) in [6.45, 7) is 6.56. The average Bonchev–Trinajstić information content (AvgIpc) is 2.84. The summed E-state index contributed by atoms with van der Waals surface area (Å²) in [6.07, 6.45) is 9.73. The fourth-order valence-corrected chi connectivity index (χ4v) is 2.26. The minimum Gasteiger partial charge on any atom is -0.358 e. The Hall–Kier alpha value is -1.44. The normalized spacial score (nSPS) is 14.6. The molecule has 1 aliphatic rings. The van der Waals surface area contributed by atoms with E-state index in [1.54, 1.807) is 0 Å². The highest BCUT2D eigenvalue weighted by molar-refractivity contribution is 5.51. The van der Waals surface area contributed by atoms with Gasteiger partial charge in [0.05, 0.1) is 6.67 Å². The van der Waals surface area contributed by atoms with Gasteiger partial charge in [0.1, 0.15) is 0 Å². The second-order valence-electron chi connectivity index (χ2n) is 5.12. The molecule has 0 aromatic heterocycles. The van der Waals surface area contributed by atoms with Crippen molar-refractivity contribution in [3.8, 4) is 0 Å². The third-order valence-electron chi connectivity index (χ3n) is 3.46. The van der Waals surface area contributed by atoms with Crippen molar-refractivity contribution in [2.24, 2.45) is 0 Å². The molecule has 0 bridgehead atoms. The lowest BCUT2D eigenvalue weighted by Gasteiger charge is -2.21. The van der Waals surface area contributed by atoms with Crippen molar-refractivity contribution >= 4 is 5.69 Å². The van der Waals surface area contributed by atoms with Gasteiger partial charge in [-0.25, -0.2) is 0 Å². The van der Waals surface area contributed by atoms with E-state index in [9.17, 15) is 0 Å². The molecule has 0 saturated heterocycles. The van der Waals surface area contributed by atoms with Crippen LogP contribution in [0.25, 0.3) is 0 Å². The zero-order valence-electron chi connectivity index (χ0n) is 11.6. The van der Waals surface area contributed by atoms with Gasteiger partial charge in [-0.3, -0.25) is 0 Å². The maximum absolute atomic E-state index is 2.40. The molecule has 0 atom stereocenters. The standard InChI is InChI=1S/C16H24N2/c1-3-4-5-6-11-17-12-13-18(14-17)16-9-7-15(2)8-10-16/h7-10,12-13H,3-6,11,14H2,1-2H3. The zero-order valence-corrected chi connectivity index (χ0v) is 11.6. The molecule has 1 aromatic carbocycles. The molecule has 1 aromatic rings. The Bertz CT molecular complexity index is 381. The van der Waals surface area contributed by atoms with Crippen LogP contribution in [-0.2, 0) is 0 Å². The molecule has 98 valence electrons. The van der Waals surface area contributed by atoms with Crippen molar-refractivity contribution < 1.29 is 0 Å². The van der Waals surface area contributed by atoms with E-state index in [0.717, 1.165) is 6.67 Å². The molecular weight excluding hydrogens is 220 g/mol. The van der Waals surface area contributed by atoms with Crippen LogP contribution >= 0.6 is 0 Å². The molecule has 0 aliphatic carbocycles. The summed E-state index contributed by atoms with van der Waals surface area (Å²) >= 11 is 0. The van der Waals surface area contributed by atoms with Gasteiger partial charge >= 0.3 is 0 Å². The molecule has 18 heavy (non-hydrogen) atoms. The van der Waals surface area contributed by atoms with Crippen molar-refractivity contribution in [2.45, 2.75) is 39.5 Å². The van der Waals surface area contributed by atoms with E-state index in [-0.39, 0.29) is 0 Å². The van der Waals surface area contributed by atoms with Crippen LogP contribution in [0.3, 0.4) is 0 Å². The van der Waals surface area contributed by atoms with Crippen molar-refractivity contribution in [3.63, 3.8) is 0 Å². The number of rotatable bonds is 6. The first-order valence-electron chi connectivity index (χ1n) is 7.05. The van der Waals surface area contributed by atoms with Gasteiger partial charge in [-0.1, -0.05) is 43.9 Å². The van der Waals surface area contributed by atoms with Crippen LogP contribution in [0, 0.1) is 6.92 Å². The molecular formula is C16H24N2. The Morgan fingerprint density at radius 1 is 1.00 bits per heavy atom. The van der Waals surface area contributed by atoms with Crippen LogP contribution in [0.1, 0.15) is 38.2 Å². The Kier molecular flexibility index (Phi) is 4.68. The van der Waals surface area contributed by atoms with Gasteiger partial charge in [0.2, 0.25) is 0 Å². The molecule has 1 aliphatic heterocycles. The number of aryl methyl sites for hydroxylation is 1. The first-order chi connectivity index (χ1) is 8.79. The van der Waals surface area contributed by atoms with E-state index < -0.39 is 0 Å². The number of unbranched alkanes of at least 4 members (excludes halogenated alkanes) is 3. The number of hydrogen-bond donors (Lipinski definition) is 0. The third kappa shape index (κ3) is 3.52. The number of benzene rings is 1. The van der Waals surface area contributed by atoms with E-state index in [0.29, 0.717) is 0 Å². The van der Waals surface area contributed by atoms with Crippen molar-refractivity contribution in [2.75, 3.05) is 18.1 Å². The minimum absolute atomic E-state index is 0.995. The number of hydrogen-bond acceptors (Lipinski definition) is 2. The predicted molar refractivity (Wildman–Crippen MR) is 78.5 cm³/mol. The molecule has 0 radical (unpaired) electrons. The smallest absolute Gasteiger partial charge is 0.0941 e. The van der Waals surface area contributed by atoms with Crippen LogP contribution < -0.4 is 4.90 Å². The monoisotopic (exact) mass is 244 g/mol. The molecule has 0 amide bonds. The van der Waals surface area contributed by atoms with Gasteiger partial charge in [-0.2, -0.15) is 0 Å². The van der Waals surface area contributed by atoms with Gasteiger partial charge < -0.3 is 9.80 Å². The van der Waals surface area contributed by atoms with Gasteiger partial charge in [0, 0.05) is 24.6 Å². The Morgan fingerprint density at radius 3 is 2.50 bits per heavy atom. The lowest BCUT2D eigenvalue weighted by molar-refractivity contribution is 0.390. The lowest BCUT2D eigenvalue weighted by atomic mass is 10.2. The van der Waals surface area contributed by atoms with Gasteiger partial charge in [0.25, 0.3) is 0 Å². The third-order valence-corrected chi connectivity index (χ3v) is 3.46. The molecule has 0 saturated carbocycles. The second kappa shape index (κ2) is 6.48. The first-order valence-corrected chi connectivity index (χ1v) is 7.05. The Balaban J connectivity index is 1.78. The summed E-state index contributed by atoms with van der Waals surface area (Å²) in [5.41, 5.74) is 2.60. The lowest BCUT2D eigenvalue weighted by Crippen LogP contribution is -2.25. The van der Waals surface area contributed by atoms with Crippen molar-refractivity contribution in [1.29, 1.82) is 0 Å². The van der Waals surface area contributed by atoms with Crippen LogP contribution in [-0.4, -0.2) is 18.1 Å². The van der Waals surface area contributed by atoms with Crippen LogP contribution in [0.2, 0.25) is 0 Å². The highest BCUT2D eigenvalue weighted by Gasteiger charge is 2.12. The van der Waals surface area contributed by atoms with Gasteiger partial charge in [-0.15, -0.1) is 0 Å². The quantitative estimate of drug-likeness (QED) is 0.694. The molecule has 0 fully saturated rings. The Morgan fingerprint density at radius 2 is 1.78 bits per heavy atom. The summed E-state index contributed by atoms with van der Waals surface area (Å²) < 4.78 is 0. The highest BCUT2D eigenvalue weighted by atomic mass is 15.3. The first kappa shape index (κ1) is 13.0. The molecule has 2 nitrogen and oxygen atoms in total. The number of anilines is 1. The van der Waals surface area contributed by atoms with Gasteiger partial charge in [-0.05, 0) is 25.5 Å². The van der Waals surface area contributed by atoms with Crippen LogP contribution in [0.4, 0.5) is 5.69 Å². The van der Waals surface area contributed by atoms with E-state index in [2.05, 4.69) is 60.3 Å². The summed E-state index contributed by atoms with van der Waals surface area (Å²) in [4.78, 5) is 4.70. The summed E-state index contributed by atoms with van der Waals surface area (Å²) in [6, 6.07) is 8.74. The molecule has 2 rings (SSSR count). The van der Waals surface area contributed by atoms with Gasteiger partial charge in [0.15, 0.2) is 0 Å². The van der Waals surface area contributed by atoms with E-state index in [1.807, 2.05) is 0 Å². The molecule has 0 N–H and O–H groups in total. The number of nitrogens with zero attached hydrogens (tertiary/aromatic N) is 2. The van der Waals surface area contributed by atoms with Crippen molar-refractivity contribution in [1.82, 2.24) is 4.90 Å². The molecule has 2 heteroatoms. The second-order valence-corrected chi connectivity index (χ2v) is 5.12. The van der Waals surface area contributed by atoms with Crippen LogP contribution in [0.15, 0.2) is 36.7 Å². The predicted octanol–water partition coefficient (Wildman–Crippen LogP) is 4.13. The van der Waals surface area contributed by atoms with E-state index in [1.165, 1.54) is 43.5 Å². The topological polar surface area (TPSA) is 6.48 Å². The summed E-state index contributed by atoms with van der Waals surface area (Å²) in [5.74, 6) is 0. The fourth-order valence-electron chi connectivity index (χ4n) is 2.26. The van der Waals surface area contributed by atoms with Crippen LogP contribution in [0.5, 0.6) is 0 Å². The summed E-state index contributed by atoms with van der Waals surface area (Å²) in [5, 5.41) is 0. The summed E-state index contributed by atoms with van der Waals surface area (Å²) in [7, 11) is 0. The maximum Gasteiger partial charge on any atom is 0.0941 e. The largest absolute Gasteiger partial charge is 0.358 e. The van der Waals surface area contributed by atoms with Crippen molar-refractivity contribution in [3.05, 3.63) is 42.2 Å². The maximum atomic E-state index is 2.40. The molecule has 0 spiro atoms. The molecule has 1 heterocycles. The minimum atomic E-state index is 0.995. The highest BCUT2D eigenvalue weighted by Crippen LogP contribution is 2.20. The fraction of sp³-hybridized carbons (Fsp3) is 0.500.